The molecule has 0 aromatic rings. The van der Waals surface area contributed by atoms with Gasteiger partial charge in [-0.1, -0.05) is 32.6 Å². The van der Waals surface area contributed by atoms with Crippen LogP contribution < -0.4 is 5.32 Å². The van der Waals surface area contributed by atoms with E-state index in [1.54, 1.807) is 6.92 Å². The van der Waals surface area contributed by atoms with Crippen molar-refractivity contribution in [1.82, 2.24) is 5.32 Å². The normalized spacial score (nSPS) is 22.4. The Bertz CT molecular complexity index is 222. The maximum absolute atomic E-state index is 10.6. The van der Waals surface area contributed by atoms with Gasteiger partial charge in [-0.3, -0.25) is 4.79 Å². The largest absolute Gasteiger partial charge is 0.481 e. The highest BCUT2D eigenvalue weighted by atomic mass is 16.4. The number of rotatable bonds is 5. The van der Waals surface area contributed by atoms with Crippen LogP contribution in [0.1, 0.15) is 45.4 Å². The zero-order valence-electron chi connectivity index (χ0n) is 10.0. The third-order valence-corrected chi connectivity index (χ3v) is 3.36. The van der Waals surface area contributed by atoms with Gasteiger partial charge in [-0.05, 0) is 12.8 Å². The van der Waals surface area contributed by atoms with Crippen molar-refractivity contribution in [3.05, 3.63) is 0 Å². The number of nitrogens with one attached hydrogen (secondary N) is 1. The summed E-state index contributed by atoms with van der Waals surface area (Å²) >= 11 is 0. The topological polar surface area (TPSA) is 69.6 Å². The molecule has 1 fully saturated rings. The average molecular weight is 229 g/mol. The molecule has 0 saturated heterocycles. The molecular formula is C12H23NO3. The first-order chi connectivity index (χ1) is 7.53. The highest BCUT2D eigenvalue weighted by Gasteiger charge is 2.27. The molecule has 1 unspecified atom stereocenters. The quantitative estimate of drug-likeness (QED) is 0.623. The van der Waals surface area contributed by atoms with Gasteiger partial charge in [-0.15, -0.1) is 0 Å². The third kappa shape index (κ3) is 4.49. The fourth-order valence-electron chi connectivity index (χ4n) is 2.17. The zero-order valence-corrected chi connectivity index (χ0v) is 10.0. The molecule has 0 aliphatic heterocycles. The number of aliphatic hydroxyl groups is 1. The molecule has 0 spiro atoms. The molecule has 94 valence electrons. The van der Waals surface area contributed by atoms with Crippen molar-refractivity contribution in [2.24, 2.45) is 5.92 Å². The van der Waals surface area contributed by atoms with Crippen LogP contribution in [0.25, 0.3) is 0 Å². The standard InChI is InChI=1S/C12H23NO3/c1-10(11(14)15)8-13-9-12(16)6-4-2-3-5-7-12/h10,13,16H,2-9H2,1H3,(H,14,15). The second-order valence-corrected chi connectivity index (χ2v) is 5.01. The number of carbonyl (C=O) groups is 1. The minimum absolute atomic E-state index is 0.394. The van der Waals surface area contributed by atoms with Crippen LogP contribution in [0.15, 0.2) is 0 Å². The van der Waals surface area contributed by atoms with Crippen LogP contribution in [-0.2, 0) is 4.79 Å². The summed E-state index contributed by atoms with van der Waals surface area (Å²) < 4.78 is 0. The Morgan fingerprint density at radius 2 is 1.88 bits per heavy atom. The zero-order chi connectivity index (χ0) is 12.0. The third-order valence-electron chi connectivity index (χ3n) is 3.36. The molecule has 4 heteroatoms. The lowest BCUT2D eigenvalue weighted by atomic mass is 9.94. The first-order valence-electron chi connectivity index (χ1n) is 6.19. The number of hydrogen-bond acceptors (Lipinski definition) is 3. The van der Waals surface area contributed by atoms with Crippen molar-refractivity contribution in [3.8, 4) is 0 Å². The molecule has 1 rings (SSSR count). The van der Waals surface area contributed by atoms with Gasteiger partial charge in [0, 0.05) is 13.1 Å². The number of carboxylic acids is 1. The van der Waals surface area contributed by atoms with E-state index in [2.05, 4.69) is 5.32 Å². The SMILES string of the molecule is CC(CNCC1(O)CCCCCC1)C(=O)O. The fourth-order valence-corrected chi connectivity index (χ4v) is 2.17. The molecule has 0 aromatic carbocycles. The van der Waals surface area contributed by atoms with Crippen molar-refractivity contribution < 1.29 is 15.0 Å². The van der Waals surface area contributed by atoms with Crippen molar-refractivity contribution in [2.45, 2.75) is 51.0 Å². The van der Waals surface area contributed by atoms with Crippen LogP contribution in [0, 0.1) is 5.92 Å². The van der Waals surface area contributed by atoms with E-state index in [1.807, 2.05) is 0 Å². The van der Waals surface area contributed by atoms with Gasteiger partial charge in [0.1, 0.15) is 0 Å². The summed E-state index contributed by atoms with van der Waals surface area (Å²) in [5.41, 5.74) is -0.616. The first-order valence-corrected chi connectivity index (χ1v) is 6.19. The smallest absolute Gasteiger partial charge is 0.307 e. The Kier molecular flexibility index (Phi) is 5.22. The van der Waals surface area contributed by atoms with Crippen LogP contribution in [0.5, 0.6) is 0 Å². The molecule has 0 bridgehead atoms. The van der Waals surface area contributed by atoms with Crippen LogP contribution in [0.4, 0.5) is 0 Å². The Hall–Kier alpha value is -0.610. The maximum atomic E-state index is 10.6. The van der Waals surface area contributed by atoms with Crippen LogP contribution in [0.3, 0.4) is 0 Å². The van der Waals surface area contributed by atoms with E-state index in [0.29, 0.717) is 13.1 Å². The second kappa shape index (κ2) is 6.21. The molecule has 16 heavy (non-hydrogen) atoms. The van der Waals surface area contributed by atoms with Gasteiger partial charge in [0.15, 0.2) is 0 Å². The minimum atomic E-state index is -0.791. The highest BCUT2D eigenvalue weighted by Crippen LogP contribution is 2.26. The number of aliphatic carboxylic acids is 1. The predicted octanol–water partition coefficient (Wildman–Crippen LogP) is 1.38. The Balaban J connectivity index is 2.26. The Morgan fingerprint density at radius 3 is 2.38 bits per heavy atom. The molecule has 1 aliphatic rings. The second-order valence-electron chi connectivity index (χ2n) is 5.01. The summed E-state index contributed by atoms with van der Waals surface area (Å²) in [7, 11) is 0. The van der Waals surface area contributed by atoms with E-state index in [0.717, 1.165) is 25.7 Å². The fraction of sp³-hybridized carbons (Fsp3) is 0.917. The highest BCUT2D eigenvalue weighted by molar-refractivity contribution is 5.69. The van der Waals surface area contributed by atoms with Crippen LogP contribution in [0.2, 0.25) is 0 Å². The van der Waals surface area contributed by atoms with E-state index >= 15 is 0 Å². The Labute approximate surface area is 97.0 Å². The van der Waals surface area contributed by atoms with Gasteiger partial charge in [-0.25, -0.2) is 0 Å². The maximum Gasteiger partial charge on any atom is 0.307 e. The monoisotopic (exact) mass is 229 g/mol. The van der Waals surface area contributed by atoms with E-state index in [1.165, 1.54) is 12.8 Å². The molecule has 1 saturated carbocycles. The number of carboxylic acid groups (broad SMARTS) is 1. The lowest BCUT2D eigenvalue weighted by molar-refractivity contribution is -0.141. The van der Waals surface area contributed by atoms with Gasteiger partial charge in [0.2, 0.25) is 0 Å². The molecule has 0 heterocycles. The molecule has 4 nitrogen and oxygen atoms in total. The summed E-state index contributed by atoms with van der Waals surface area (Å²) in [5, 5.41) is 22.1. The van der Waals surface area contributed by atoms with E-state index in [9.17, 15) is 9.90 Å². The molecular weight excluding hydrogens is 206 g/mol. The van der Waals surface area contributed by atoms with Crippen LogP contribution in [-0.4, -0.2) is 34.9 Å². The Morgan fingerprint density at radius 1 is 1.31 bits per heavy atom. The lowest BCUT2D eigenvalue weighted by Crippen LogP contribution is -2.42. The van der Waals surface area contributed by atoms with Gasteiger partial charge in [0.25, 0.3) is 0 Å². The van der Waals surface area contributed by atoms with Gasteiger partial charge in [0.05, 0.1) is 11.5 Å². The first kappa shape index (κ1) is 13.5. The molecule has 0 amide bonds. The average Bonchev–Trinajstić information content (AvgIpc) is 2.43. The van der Waals surface area contributed by atoms with E-state index < -0.39 is 17.5 Å². The van der Waals surface area contributed by atoms with E-state index in [4.69, 9.17) is 5.11 Å². The molecule has 0 aromatic heterocycles. The summed E-state index contributed by atoms with van der Waals surface area (Å²) in [6.07, 6.45) is 6.23. The summed E-state index contributed by atoms with van der Waals surface area (Å²) in [4.78, 5) is 10.6. The molecule has 1 atom stereocenters. The van der Waals surface area contributed by atoms with Gasteiger partial charge < -0.3 is 15.5 Å². The van der Waals surface area contributed by atoms with Crippen molar-refractivity contribution in [1.29, 1.82) is 0 Å². The van der Waals surface area contributed by atoms with Crippen molar-refractivity contribution >= 4 is 5.97 Å². The van der Waals surface area contributed by atoms with Gasteiger partial charge in [-0.2, -0.15) is 0 Å². The molecule has 3 N–H and O–H groups in total. The molecule has 0 radical (unpaired) electrons. The lowest BCUT2D eigenvalue weighted by Gasteiger charge is -2.27. The summed E-state index contributed by atoms with van der Waals surface area (Å²) in [6, 6.07) is 0. The summed E-state index contributed by atoms with van der Waals surface area (Å²) in [5.74, 6) is -1.19. The van der Waals surface area contributed by atoms with Gasteiger partial charge >= 0.3 is 5.97 Å². The predicted molar refractivity (Wildman–Crippen MR) is 62.3 cm³/mol. The van der Waals surface area contributed by atoms with Crippen molar-refractivity contribution in [2.75, 3.05) is 13.1 Å². The van der Waals surface area contributed by atoms with E-state index in [-0.39, 0.29) is 0 Å². The minimum Gasteiger partial charge on any atom is -0.481 e. The number of hydrogen-bond donors (Lipinski definition) is 3. The summed E-state index contributed by atoms with van der Waals surface area (Å²) in [6.45, 7) is 2.62. The van der Waals surface area contributed by atoms with Crippen LogP contribution >= 0.6 is 0 Å². The molecule has 1 aliphatic carbocycles. The van der Waals surface area contributed by atoms with Crippen molar-refractivity contribution in [3.63, 3.8) is 0 Å².